The Bertz CT molecular complexity index is 874. The van der Waals surface area contributed by atoms with Crippen LogP contribution in [0.4, 0.5) is 8.78 Å². The molecule has 1 aromatic heterocycles. The number of carbonyl (C=O) groups is 1. The van der Waals surface area contributed by atoms with Crippen molar-refractivity contribution in [3.8, 4) is 5.88 Å². The Labute approximate surface area is 142 Å². The van der Waals surface area contributed by atoms with Gasteiger partial charge in [-0.05, 0) is 35.4 Å². The molecule has 3 rings (SSSR count). The first-order chi connectivity index (χ1) is 12.0. The normalized spacial score (nSPS) is 10.6. The van der Waals surface area contributed by atoms with Crippen molar-refractivity contribution in [2.45, 2.75) is 13.2 Å². The van der Waals surface area contributed by atoms with Crippen LogP contribution in [0.2, 0.25) is 0 Å². The van der Waals surface area contributed by atoms with E-state index in [0.717, 1.165) is 5.56 Å². The van der Waals surface area contributed by atoms with Crippen molar-refractivity contribution in [2.75, 3.05) is 0 Å². The maximum Gasteiger partial charge on any atom is 0.342 e. The molecule has 0 aliphatic carbocycles. The van der Waals surface area contributed by atoms with Gasteiger partial charge in [-0.1, -0.05) is 24.3 Å². The fourth-order valence-electron chi connectivity index (χ4n) is 2.25. The second kappa shape index (κ2) is 7.12. The molecule has 0 aliphatic rings. The Balaban J connectivity index is 1.76. The van der Waals surface area contributed by atoms with Gasteiger partial charge in [0.2, 0.25) is 5.88 Å². The molecule has 0 radical (unpaired) electrons. The average molecular weight is 344 g/mol. The molecule has 128 valence electrons. The molecule has 25 heavy (non-hydrogen) atoms. The molecule has 0 saturated heterocycles. The molecule has 5 nitrogen and oxygen atoms in total. The highest BCUT2D eigenvalue weighted by atomic mass is 19.1. The fourth-order valence-corrected chi connectivity index (χ4v) is 2.25. The maximum atomic E-state index is 12.9. The number of aromatic carboxylic acids is 1. The molecular weight excluding hydrogens is 330 g/mol. The number of carboxylic acid groups (broad SMARTS) is 1. The highest BCUT2D eigenvalue weighted by Crippen LogP contribution is 2.19. The molecule has 3 aromatic rings. The van der Waals surface area contributed by atoms with E-state index in [9.17, 15) is 18.7 Å². The Kier molecular flexibility index (Phi) is 4.74. The number of hydrogen-bond donors (Lipinski definition) is 1. The zero-order chi connectivity index (χ0) is 17.8. The predicted octanol–water partition coefficient (Wildman–Crippen LogP) is 3.49. The summed E-state index contributed by atoms with van der Waals surface area (Å²) in [6, 6.07) is 11.5. The first-order valence-corrected chi connectivity index (χ1v) is 7.44. The zero-order valence-corrected chi connectivity index (χ0v) is 13.0. The van der Waals surface area contributed by atoms with Crippen LogP contribution in [0.25, 0.3) is 0 Å². The van der Waals surface area contributed by atoms with E-state index in [2.05, 4.69) is 5.10 Å². The minimum absolute atomic E-state index is 0.0288. The van der Waals surface area contributed by atoms with Gasteiger partial charge in [-0.3, -0.25) is 4.68 Å². The summed E-state index contributed by atoms with van der Waals surface area (Å²) in [5, 5.41) is 13.4. The van der Waals surface area contributed by atoms with E-state index in [-0.39, 0.29) is 36.2 Å². The molecule has 0 unspecified atom stereocenters. The number of nitrogens with zero attached hydrogens (tertiary/aromatic N) is 2. The van der Waals surface area contributed by atoms with E-state index < -0.39 is 5.97 Å². The first kappa shape index (κ1) is 16.6. The van der Waals surface area contributed by atoms with E-state index in [1.807, 2.05) is 0 Å². The van der Waals surface area contributed by atoms with Crippen LogP contribution in [0.5, 0.6) is 5.88 Å². The molecule has 1 heterocycles. The highest BCUT2D eigenvalue weighted by molar-refractivity contribution is 5.89. The largest absolute Gasteiger partial charge is 0.477 e. The van der Waals surface area contributed by atoms with Crippen molar-refractivity contribution >= 4 is 5.97 Å². The third-order valence-electron chi connectivity index (χ3n) is 3.50. The van der Waals surface area contributed by atoms with Gasteiger partial charge in [-0.25, -0.2) is 13.6 Å². The van der Waals surface area contributed by atoms with Gasteiger partial charge < -0.3 is 9.84 Å². The molecule has 0 fully saturated rings. The summed E-state index contributed by atoms with van der Waals surface area (Å²) < 4.78 is 32.7. The molecule has 2 aromatic carbocycles. The predicted molar refractivity (Wildman–Crippen MR) is 85.4 cm³/mol. The summed E-state index contributed by atoms with van der Waals surface area (Å²) in [5.74, 6) is -1.91. The van der Waals surface area contributed by atoms with Crippen molar-refractivity contribution in [2.24, 2.45) is 0 Å². The van der Waals surface area contributed by atoms with Gasteiger partial charge in [0, 0.05) is 6.20 Å². The third-order valence-corrected chi connectivity index (χ3v) is 3.50. The Morgan fingerprint density at radius 3 is 2.12 bits per heavy atom. The molecule has 0 bridgehead atoms. The Morgan fingerprint density at radius 2 is 1.56 bits per heavy atom. The van der Waals surface area contributed by atoms with Crippen LogP contribution < -0.4 is 4.74 Å². The van der Waals surface area contributed by atoms with Crippen LogP contribution in [0, 0.1) is 11.6 Å². The summed E-state index contributed by atoms with van der Waals surface area (Å²) >= 11 is 0. The van der Waals surface area contributed by atoms with Gasteiger partial charge in [-0.2, -0.15) is 0 Å². The molecule has 0 aliphatic heterocycles. The number of aromatic nitrogens is 2. The van der Waals surface area contributed by atoms with E-state index in [1.165, 1.54) is 35.1 Å². The summed E-state index contributed by atoms with van der Waals surface area (Å²) in [6.07, 6.45) is 1.35. The average Bonchev–Trinajstić information content (AvgIpc) is 2.99. The molecular formula is C18H14F2N2O3. The number of halogens is 2. The zero-order valence-electron chi connectivity index (χ0n) is 13.0. The van der Waals surface area contributed by atoms with E-state index >= 15 is 0 Å². The summed E-state index contributed by atoms with van der Waals surface area (Å²) in [5.41, 5.74) is 1.38. The van der Waals surface area contributed by atoms with Gasteiger partial charge in [-0.15, -0.1) is 5.10 Å². The van der Waals surface area contributed by atoms with Crippen LogP contribution in [-0.4, -0.2) is 20.9 Å². The number of rotatable bonds is 6. The topological polar surface area (TPSA) is 64.3 Å². The maximum absolute atomic E-state index is 12.9. The SMILES string of the molecule is O=C(O)c1cn(Cc2ccc(F)cc2)nc1OCc1ccc(F)cc1. The lowest BCUT2D eigenvalue weighted by Gasteiger charge is -2.04. The van der Waals surface area contributed by atoms with E-state index in [1.54, 1.807) is 24.3 Å². The lowest BCUT2D eigenvalue weighted by molar-refractivity contribution is 0.0691. The van der Waals surface area contributed by atoms with Crippen molar-refractivity contribution < 1.29 is 23.4 Å². The van der Waals surface area contributed by atoms with E-state index in [0.29, 0.717) is 5.56 Å². The van der Waals surface area contributed by atoms with Gasteiger partial charge in [0.25, 0.3) is 0 Å². The number of ether oxygens (including phenoxy) is 1. The molecule has 0 spiro atoms. The molecule has 1 N–H and O–H groups in total. The Morgan fingerprint density at radius 1 is 1.00 bits per heavy atom. The van der Waals surface area contributed by atoms with Gasteiger partial charge in [0.1, 0.15) is 23.8 Å². The van der Waals surface area contributed by atoms with Gasteiger partial charge in [0.05, 0.1) is 6.54 Å². The van der Waals surface area contributed by atoms with Crippen molar-refractivity contribution in [1.29, 1.82) is 0 Å². The number of hydrogen-bond acceptors (Lipinski definition) is 3. The molecule has 0 amide bonds. The van der Waals surface area contributed by atoms with Crippen LogP contribution in [-0.2, 0) is 13.2 Å². The lowest BCUT2D eigenvalue weighted by Crippen LogP contribution is -2.02. The third kappa shape index (κ3) is 4.20. The summed E-state index contributed by atoms with van der Waals surface area (Å²) in [6.45, 7) is 0.342. The minimum Gasteiger partial charge on any atom is -0.477 e. The summed E-state index contributed by atoms with van der Waals surface area (Å²) in [4.78, 5) is 11.4. The van der Waals surface area contributed by atoms with Gasteiger partial charge >= 0.3 is 5.97 Å². The smallest absolute Gasteiger partial charge is 0.342 e. The van der Waals surface area contributed by atoms with Crippen LogP contribution in [0.3, 0.4) is 0 Å². The van der Waals surface area contributed by atoms with Crippen LogP contribution >= 0.6 is 0 Å². The quantitative estimate of drug-likeness (QED) is 0.743. The van der Waals surface area contributed by atoms with E-state index in [4.69, 9.17) is 4.74 Å². The van der Waals surface area contributed by atoms with Gasteiger partial charge in [0.15, 0.2) is 0 Å². The van der Waals surface area contributed by atoms with Crippen molar-refractivity contribution in [1.82, 2.24) is 9.78 Å². The Hall–Kier alpha value is -3.22. The van der Waals surface area contributed by atoms with Crippen LogP contribution in [0.15, 0.2) is 54.7 Å². The summed E-state index contributed by atoms with van der Waals surface area (Å²) in [7, 11) is 0. The highest BCUT2D eigenvalue weighted by Gasteiger charge is 2.17. The minimum atomic E-state index is -1.17. The van der Waals surface area contributed by atoms with Crippen molar-refractivity contribution in [3.63, 3.8) is 0 Å². The van der Waals surface area contributed by atoms with Crippen LogP contribution in [0.1, 0.15) is 21.5 Å². The fraction of sp³-hybridized carbons (Fsp3) is 0.111. The van der Waals surface area contributed by atoms with Crippen molar-refractivity contribution in [3.05, 3.63) is 83.1 Å². The second-order valence-electron chi connectivity index (χ2n) is 5.39. The lowest BCUT2D eigenvalue weighted by atomic mass is 10.2. The first-order valence-electron chi connectivity index (χ1n) is 7.44. The standard InChI is InChI=1S/C18H14F2N2O3/c19-14-5-1-12(2-6-14)9-22-10-16(18(23)24)17(21-22)25-11-13-3-7-15(20)8-4-13/h1-8,10H,9,11H2,(H,23,24). The molecule has 0 atom stereocenters. The number of benzene rings is 2. The second-order valence-corrected chi connectivity index (χ2v) is 5.39. The molecule has 7 heteroatoms. The monoisotopic (exact) mass is 344 g/mol. The molecule has 0 saturated carbocycles. The number of carboxylic acids is 1.